The van der Waals surface area contributed by atoms with E-state index in [-0.39, 0.29) is 5.41 Å². The third kappa shape index (κ3) is 6.87. The minimum Gasteiger partial charge on any atom is -0.421 e. The third-order valence-corrected chi connectivity index (χ3v) is 8.66. The molecular weight excluding hydrogens is 632 g/mol. The van der Waals surface area contributed by atoms with Gasteiger partial charge in [0.25, 0.3) is 12.6 Å². The van der Waals surface area contributed by atoms with Gasteiger partial charge in [-0.25, -0.2) is 0 Å². The summed E-state index contributed by atoms with van der Waals surface area (Å²) in [5, 5.41) is 6.72. The van der Waals surface area contributed by atoms with E-state index in [1.54, 1.807) is 24.3 Å². The number of rotatable bonds is 8. The quantitative estimate of drug-likeness (QED) is 0.0896. The number of carbonyl (C=O) groups excluding carboxylic acids is 4. The molecule has 6 aromatic carbocycles. The molecule has 0 aliphatic heterocycles. The molecule has 6 aromatic rings. The van der Waals surface area contributed by atoms with Crippen molar-refractivity contribution < 1.29 is 38.1 Å². The fourth-order valence-corrected chi connectivity index (χ4v) is 6.39. The van der Waals surface area contributed by atoms with E-state index in [2.05, 4.69) is 63.2 Å². The zero-order valence-corrected chi connectivity index (χ0v) is 29.1. The lowest BCUT2D eigenvalue weighted by molar-refractivity contribution is -0.188. The van der Waals surface area contributed by atoms with E-state index in [0.717, 1.165) is 49.2 Å². The van der Waals surface area contributed by atoms with Gasteiger partial charge < -0.3 is 18.9 Å². The molecule has 0 N–H and O–H groups in total. The molecule has 254 valence electrons. The minimum absolute atomic E-state index is 0.0314. The lowest BCUT2D eigenvalue weighted by Crippen LogP contribution is -2.14. The Morgan fingerprint density at radius 3 is 1.16 bits per heavy atom. The van der Waals surface area contributed by atoms with E-state index < -0.39 is 36.5 Å². The van der Waals surface area contributed by atoms with E-state index in [1.807, 2.05) is 24.3 Å². The highest BCUT2D eigenvalue weighted by molar-refractivity contribution is 6.28. The second-order valence-corrected chi connectivity index (χ2v) is 13.5. The molecule has 0 aliphatic carbocycles. The van der Waals surface area contributed by atoms with E-state index in [9.17, 15) is 19.2 Å². The van der Waals surface area contributed by atoms with Crippen molar-refractivity contribution in [1.29, 1.82) is 0 Å². The van der Waals surface area contributed by atoms with Crippen LogP contribution >= 0.6 is 0 Å². The summed E-state index contributed by atoms with van der Waals surface area (Å²) in [5.41, 5.74) is 6.05. The Morgan fingerprint density at radius 1 is 0.480 bits per heavy atom. The molecule has 0 aromatic heterocycles. The number of esters is 4. The molecule has 8 heteroatoms. The Kier molecular flexibility index (Phi) is 9.06. The zero-order valence-electron chi connectivity index (χ0n) is 29.1. The molecule has 0 aliphatic rings. The van der Waals surface area contributed by atoms with Crippen LogP contribution in [0.1, 0.15) is 77.7 Å². The Morgan fingerprint density at radius 2 is 0.840 bits per heavy atom. The van der Waals surface area contributed by atoms with Crippen LogP contribution in [0, 0.1) is 0 Å². The smallest absolute Gasteiger partial charge is 0.305 e. The van der Waals surface area contributed by atoms with E-state index in [1.165, 1.54) is 38.6 Å². The number of carbonyl (C=O) groups is 4. The van der Waals surface area contributed by atoms with Gasteiger partial charge in [0.2, 0.25) is 0 Å². The predicted octanol–water partition coefficient (Wildman–Crippen LogP) is 9.47. The average molecular weight is 671 g/mol. The molecule has 0 saturated heterocycles. The maximum absolute atomic E-state index is 11.8. The first kappa shape index (κ1) is 34.1. The molecule has 0 bridgehead atoms. The van der Waals surface area contributed by atoms with Crippen molar-refractivity contribution in [2.75, 3.05) is 0 Å². The predicted molar refractivity (Wildman–Crippen MR) is 192 cm³/mol. The Hall–Kier alpha value is -5.76. The van der Waals surface area contributed by atoms with Crippen molar-refractivity contribution in [3.05, 3.63) is 108 Å². The van der Waals surface area contributed by atoms with Crippen LogP contribution in [0.4, 0.5) is 0 Å². The van der Waals surface area contributed by atoms with Crippen LogP contribution in [-0.2, 0) is 43.5 Å². The van der Waals surface area contributed by atoms with Crippen LogP contribution in [0.15, 0.2) is 91.0 Å². The van der Waals surface area contributed by atoms with Gasteiger partial charge in [0.15, 0.2) is 0 Å². The lowest BCUT2D eigenvalue weighted by atomic mass is 9.81. The van der Waals surface area contributed by atoms with Crippen molar-refractivity contribution in [2.45, 2.75) is 66.5 Å². The molecule has 0 saturated carbocycles. The first-order chi connectivity index (χ1) is 23.7. The zero-order chi connectivity index (χ0) is 35.9. The summed E-state index contributed by atoms with van der Waals surface area (Å²) >= 11 is 0. The Bertz CT molecular complexity index is 2080. The summed E-state index contributed by atoms with van der Waals surface area (Å²) in [5.74, 6) is -2.26. The van der Waals surface area contributed by atoms with Crippen molar-refractivity contribution >= 4 is 56.2 Å². The van der Waals surface area contributed by atoms with Crippen LogP contribution in [0.25, 0.3) is 54.6 Å². The lowest BCUT2D eigenvalue weighted by Gasteiger charge is -2.23. The van der Waals surface area contributed by atoms with Crippen LogP contribution in [0.2, 0.25) is 0 Å². The van der Waals surface area contributed by atoms with Crippen molar-refractivity contribution in [1.82, 2.24) is 0 Å². The first-order valence-corrected chi connectivity index (χ1v) is 16.3. The molecular formula is C42H38O8. The summed E-state index contributed by atoms with van der Waals surface area (Å²) in [6, 6.07) is 30.2. The van der Waals surface area contributed by atoms with Gasteiger partial charge in [-0.15, -0.1) is 0 Å². The first-order valence-electron chi connectivity index (χ1n) is 16.3. The Balaban J connectivity index is 1.56. The molecule has 0 heterocycles. The summed E-state index contributed by atoms with van der Waals surface area (Å²) in [7, 11) is 0. The van der Waals surface area contributed by atoms with Gasteiger partial charge in [0.1, 0.15) is 0 Å². The molecule has 50 heavy (non-hydrogen) atoms. The summed E-state index contributed by atoms with van der Waals surface area (Å²) < 4.78 is 21.1. The molecule has 0 radical (unpaired) electrons. The van der Waals surface area contributed by atoms with Gasteiger partial charge >= 0.3 is 23.9 Å². The average Bonchev–Trinajstić information content (AvgIpc) is 3.05. The maximum atomic E-state index is 11.8. The minimum atomic E-state index is -1.16. The summed E-state index contributed by atoms with van der Waals surface area (Å²) in [6.07, 6.45) is -2.32. The topological polar surface area (TPSA) is 105 Å². The second kappa shape index (κ2) is 13.3. The van der Waals surface area contributed by atoms with Crippen molar-refractivity contribution in [2.24, 2.45) is 0 Å². The van der Waals surface area contributed by atoms with E-state index in [4.69, 9.17) is 18.9 Å². The van der Waals surface area contributed by atoms with E-state index >= 15 is 0 Å². The fraction of sp³-hybridized carbons (Fsp3) is 0.238. The van der Waals surface area contributed by atoms with Crippen molar-refractivity contribution in [3.8, 4) is 22.3 Å². The molecule has 6 rings (SSSR count). The van der Waals surface area contributed by atoms with Gasteiger partial charge in [-0.3, -0.25) is 19.2 Å². The highest BCUT2D eigenvalue weighted by Gasteiger charge is 2.23. The third-order valence-electron chi connectivity index (χ3n) is 8.66. The van der Waals surface area contributed by atoms with E-state index in [0.29, 0.717) is 11.1 Å². The normalized spacial score (nSPS) is 11.8. The number of hydrogen-bond acceptors (Lipinski definition) is 8. The van der Waals surface area contributed by atoms with Crippen LogP contribution in [0.5, 0.6) is 0 Å². The molecule has 0 atom stereocenters. The monoisotopic (exact) mass is 670 g/mol. The van der Waals surface area contributed by atoms with Crippen molar-refractivity contribution in [3.63, 3.8) is 0 Å². The maximum Gasteiger partial charge on any atom is 0.305 e. The van der Waals surface area contributed by atoms with Gasteiger partial charge in [0, 0.05) is 38.8 Å². The van der Waals surface area contributed by atoms with Gasteiger partial charge in [0.05, 0.1) is 0 Å². The fourth-order valence-electron chi connectivity index (χ4n) is 6.39. The van der Waals surface area contributed by atoms with Gasteiger partial charge in [-0.05, 0) is 71.6 Å². The van der Waals surface area contributed by atoms with Gasteiger partial charge in [-0.2, -0.15) is 0 Å². The largest absolute Gasteiger partial charge is 0.421 e. The highest BCUT2D eigenvalue weighted by atomic mass is 16.7. The summed E-state index contributed by atoms with van der Waals surface area (Å²) in [6.45, 7) is 11.7. The van der Waals surface area contributed by atoms with Gasteiger partial charge in [-0.1, -0.05) is 106 Å². The molecule has 0 amide bonds. The Labute approximate surface area is 290 Å². The number of benzene rings is 6. The molecule has 8 nitrogen and oxygen atoms in total. The molecule has 0 fully saturated rings. The molecule has 0 unspecified atom stereocenters. The van der Waals surface area contributed by atoms with Crippen LogP contribution < -0.4 is 0 Å². The number of ether oxygens (including phenoxy) is 4. The van der Waals surface area contributed by atoms with Crippen LogP contribution in [0.3, 0.4) is 0 Å². The molecule has 0 spiro atoms. The number of hydrogen-bond donors (Lipinski definition) is 0. The standard InChI is InChI=1S/C42H38O8/c1-23(43)47-40(48-24(2)44)29-12-8-27(9-13-29)36-22-37(28-10-14-30(15-11-28)41(49-25(3)45)50-26(4)46)35-19-17-32-21-33(42(5,6)7)20-31-16-18-34(36)39(35)38(31)32/h8-22,40-41H,1-7H3. The highest BCUT2D eigenvalue weighted by Crippen LogP contribution is 2.45. The summed E-state index contributed by atoms with van der Waals surface area (Å²) in [4.78, 5) is 47.0. The SMILES string of the molecule is CC(=O)OC(OC(C)=O)c1ccc(-c2cc(-c3ccc(C(OC(C)=O)OC(C)=O)cc3)c3ccc4cc(C(C)(C)C)cc5ccc2c3c54)cc1. The van der Waals surface area contributed by atoms with Crippen LogP contribution in [-0.4, -0.2) is 23.9 Å². The second-order valence-electron chi connectivity index (χ2n) is 13.5.